The Hall–Kier alpha value is -1.76. The second-order valence-corrected chi connectivity index (χ2v) is 3.62. The zero-order valence-electron chi connectivity index (χ0n) is 7.97. The largest absolute Gasteiger partial charge is 0.481 e. The van der Waals surface area contributed by atoms with Crippen LogP contribution in [-0.2, 0) is 0 Å². The first-order chi connectivity index (χ1) is 7.29. The smallest absolute Gasteiger partial charge is 0.214 e. The average Bonchev–Trinajstić information content (AvgIpc) is 2.74. The number of pyridine rings is 1. The van der Waals surface area contributed by atoms with Crippen molar-refractivity contribution in [2.45, 2.75) is 10.2 Å². The highest BCUT2D eigenvalue weighted by Crippen LogP contribution is 2.28. The van der Waals surface area contributed by atoms with Gasteiger partial charge in [0.25, 0.3) is 0 Å². The van der Waals surface area contributed by atoms with Crippen molar-refractivity contribution in [3.8, 4) is 5.88 Å². The fourth-order valence-corrected chi connectivity index (χ4v) is 1.67. The number of aromatic amines is 1. The van der Waals surface area contributed by atoms with E-state index in [0.29, 0.717) is 21.7 Å². The van der Waals surface area contributed by atoms with Crippen LogP contribution >= 0.6 is 11.8 Å². The molecule has 6 nitrogen and oxygen atoms in total. The van der Waals surface area contributed by atoms with Crippen molar-refractivity contribution in [2.24, 2.45) is 0 Å². The molecule has 0 bridgehead atoms. The van der Waals surface area contributed by atoms with Gasteiger partial charge < -0.3 is 10.5 Å². The predicted octanol–water partition coefficient (Wildman–Crippen LogP) is 0.942. The summed E-state index contributed by atoms with van der Waals surface area (Å²) < 4.78 is 5.00. The van der Waals surface area contributed by atoms with Crippen LogP contribution in [0, 0.1) is 0 Å². The minimum atomic E-state index is 0.520. The van der Waals surface area contributed by atoms with Crippen LogP contribution < -0.4 is 10.5 Å². The minimum absolute atomic E-state index is 0.520. The molecule has 0 unspecified atom stereocenters. The number of hydrogen-bond donors (Lipinski definition) is 2. The van der Waals surface area contributed by atoms with Crippen LogP contribution in [0.5, 0.6) is 5.88 Å². The van der Waals surface area contributed by atoms with Crippen LogP contribution in [0.3, 0.4) is 0 Å². The molecule has 0 spiro atoms. The van der Waals surface area contributed by atoms with Gasteiger partial charge in [-0.2, -0.15) is 5.10 Å². The van der Waals surface area contributed by atoms with E-state index in [0.717, 1.165) is 0 Å². The maximum atomic E-state index is 5.76. The zero-order chi connectivity index (χ0) is 10.7. The molecule has 2 aromatic rings. The Morgan fingerprint density at radius 3 is 3.00 bits per heavy atom. The van der Waals surface area contributed by atoms with Crippen molar-refractivity contribution in [3.05, 3.63) is 18.5 Å². The lowest BCUT2D eigenvalue weighted by atomic mass is 10.4. The van der Waals surface area contributed by atoms with Crippen molar-refractivity contribution in [2.75, 3.05) is 12.8 Å². The summed E-state index contributed by atoms with van der Waals surface area (Å²) in [6, 6.07) is 3.45. The topological polar surface area (TPSA) is 89.7 Å². The molecular formula is C8H9N5OS. The van der Waals surface area contributed by atoms with Gasteiger partial charge >= 0.3 is 0 Å². The summed E-state index contributed by atoms with van der Waals surface area (Å²) in [5, 5.41) is 7.74. The molecule has 0 aliphatic heterocycles. The molecule has 0 radical (unpaired) electrons. The summed E-state index contributed by atoms with van der Waals surface area (Å²) in [6.45, 7) is 0. The van der Waals surface area contributed by atoms with Crippen LogP contribution in [0.4, 0.5) is 5.69 Å². The Morgan fingerprint density at radius 1 is 1.47 bits per heavy atom. The molecule has 2 aromatic heterocycles. The number of nitrogens with two attached hydrogens (primary N) is 1. The number of methoxy groups -OCH3 is 1. The predicted molar refractivity (Wildman–Crippen MR) is 55.7 cm³/mol. The van der Waals surface area contributed by atoms with Gasteiger partial charge in [0.1, 0.15) is 11.4 Å². The second kappa shape index (κ2) is 4.18. The molecule has 3 N–H and O–H groups in total. The summed E-state index contributed by atoms with van der Waals surface area (Å²) >= 11 is 1.31. The van der Waals surface area contributed by atoms with Crippen molar-refractivity contribution < 1.29 is 4.74 Å². The van der Waals surface area contributed by atoms with Crippen molar-refractivity contribution >= 4 is 17.4 Å². The maximum Gasteiger partial charge on any atom is 0.214 e. The van der Waals surface area contributed by atoms with Crippen LogP contribution in [0.15, 0.2) is 28.6 Å². The van der Waals surface area contributed by atoms with E-state index in [1.165, 1.54) is 18.1 Å². The van der Waals surface area contributed by atoms with Crippen LogP contribution in [0.25, 0.3) is 0 Å². The second-order valence-electron chi connectivity index (χ2n) is 2.64. The normalized spacial score (nSPS) is 10.2. The van der Waals surface area contributed by atoms with Crippen LogP contribution in [0.2, 0.25) is 0 Å². The van der Waals surface area contributed by atoms with Crippen LogP contribution in [-0.4, -0.2) is 27.3 Å². The van der Waals surface area contributed by atoms with E-state index in [2.05, 4.69) is 20.2 Å². The summed E-state index contributed by atoms with van der Waals surface area (Å²) in [4.78, 5) is 8.16. The SMILES string of the molecule is COc1ccc(N)c(Sc2ncn[nH]2)n1. The first-order valence-corrected chi connectivity index (χ1v) is 4.95. The highest BCUT2D eigenvalue weighted by Gasteiger charge is 2.07. The number of aromatic nitrogens is 4. The lowest BCUT2D eigenvalue weighted by Gasteiger charge is -2.04. The van der Waals surface area contributed by atoms with E-state index in [4.69, 9.17) is 10.5 Å². The Kier molecular flexibility index (Phi) is 2.72. The number of H-pyrrole nitrogens is 1. The summed E-state index contributed by atoms with van der Waals surface area (Å²) in [7, 11) is 1.56. The molecule has 0 saturated heterocycles. The van der Waals surface area contributed by atoms with Gasteiger partial charge in [0.05, 0.1) is 12.8 Å². The molecular weight excluding hydrogens is 214 g/mol. The standard InChI is InChI=1S/C8H9N5OS/c1-14-6-3-2-5(9)7(12-6)15-8-10-4-11-13-8/h2-4H,9H2,1H3,(H,10,11,13). The lowest BCUT2D eigenvalue weighted by molar-refractivity contribution is 0.395. The van der Waals surface area contributed by atoms with E-state index < -0.39 is 0 Å². The third-order valence-corrected chi connectivity index (χ3v) is 2.57. The third kappa shape index (κ3) is 2.18. The van der Waals surface area contributed by atoms with Gasteiger partial charge in [0.15, 0.2) is 5.16 Å². The van der Waals surface area contributed by atoms with Gasteiger partial charge in [-0.3, -0.25) is 5.10 Å². The van der Waals surface area contributed by atoms with E-state index in [9.17, 15) is 0 Å². The third-order valence-electron chi connectivity index (χ3n) is 1.66. The van der Waals surface area contributed by atoms with E-state index in [-0.39, 0.29) is 0 Å². The number of nitrogens with zero attached hydrogens (tertiary/aromatic N) is 3. The molecule has 15 heavy (non-hydrogen) atoms. The van der Waals surface area contributed by atoms with Gasteiger partial charge in [-0.25, -0.2) is 9.97 Å². The highest BCUT2D eigenvalue weighted by atomic mass is 32.2. The molecule has 0 amide bonds. The summed E-state index contributed by atoms with van der Waals surface area (Å²) in [5.41, 5.74) is 6.34. The van der Waals surface area contributed by atoms with E-state index in [1.54, 1.807) is 19.2 Å². The minimum Gasteiger partial charge on any atom is -0.481 e. The van der Waals surface area contributed by atoms with Gasteiger partial charge in [0, 0.05) is 6.07 Å². The maximum absolute atomic E-state index is 5.76. The molecule has 7 heteroatoms. The Morgan fingerprint density at radius 2 is 2.33 bits per heavy atom. The quantitative estimate of drug-likeness (QED) is 0.805. The molecule has 0 atom stereocenters. The number of ether oxygens (including phenoxy) is 1. The van der Waals surface area contributed by atoms with E-state index in [1.807, 2.05) is 0 Å². The summed E-state index contributed by atoms with van der Waals surface area (Å²) in [6.07, 6.45) is 1.43. The van der Waals surface area contributed by atoms with Crippen LogP contribution in [0.1, 0.15) is 0 Å². The van der Waals surface area contributed by atoms with Gasteiger partial charge in [0.2, 0.25) is 5.88 Å². The Bertz CT molecular complexity index is 444. The highest BCUT2D eigenvalue weighted by molar-refractivity contribution is 7.99. The molecule has 0 aromatic carbocycles. The monoisotopic (exact) mass is 223 g/mol. The fraction of sp³-hybridized carbons (Fsp3) is 0.125. The molecule has 2 rings (SSSR count). The van der Waals surface area contributed by atoms with Gasteiger partial charge in [-0.05, 0) is 17.8 Å². The zero-order valence-corrected chi connectivity index (χ0v) is 8.78. The van der Waals surface area contributed by atoms with Crippen molar-refractivity contribution in [3.63, 3.8) is 0 Å². The Labute approximate surface area is 90.3 Å². The number of nitrogens with one attached hydrogen (secondary N) is 1. The lowest BCUT2D eigenvalue weighted by Crippen LogP contribution is -1.95. The molecule has 0 saturated carbocycles. The molecule has 78 valence electrons. The van der Waals surface area contributed by atoms with Crippen molar-refractivity contribution in [1.82, 2.24) is 20.2 Å². The fourth-order valence-electron chi connectivity index (χ4n) is 0.965. The van der Waals surface area contributed by atoms with Crippen molar-refractivity contribution in [1.29, 1.82) is 0 Å². The first-order valence-electron chi connectivity index (χ1n) is 4.13. The number of nitrogen functional groups attached to an aromatic ring is 1. The molecule has 0 aliphatic rings. The molecule has 0 aliphatic carbocycles. The number of rotatable bonds is 3. The van der Waals surface area contributed by atoms with E-state index >= 15 is 0 Å². The first kappa shape index (κ1) is 9.78. The molecule has 0 fully saturated rings. The van der Waals surface area contributed by atoms with Gasteiger partial charge in [-0.15, -0.1) is 0 Å². The number of hydrogen-bond acceptors (Lipinski definition) is 6. The molecule has 2 heterocycles. The summed E-state index contributed by atoms with van der Waals surface area (Å²) in [5.74, 6) is 0.520. The van der Waals surface area contributed by atoms with Gasteiger partial charge in [-0.1, -0.05) is 0 Å². The number of anilines is 1. The Balaban J connectivity index is 2.27. The average molecular weight is 223 g/mol.